The summed E-state index contributed by atoms with van der Waals surface area (Å²) in [6.45, 7) is 3.96. The van der Waals surface area contributed by atoms with Gasteiger partial charge in [0.2, 0.25) is 0 Å². The molecule has 2 aromatic carbocycles. The highest BCUT2D eigenvalue weighted by atomic mass is 16.3. The van der Waals surface area contributed by atoms with Crippen LogP contribution in [-0.2, 0) is 17.4 Å². The van der Waals surface area contributed by atoms with Crippen LogP contribution >= 0.6 is 0 Å². The zero-order valence-corrected chi connectivity index (χ0v) is 14.9. The van der Waals surface area contributed by atoms with Crippen LogP contribution in [0.1, 0.15) is 42.4 Å². The summed E-state index contributed by atoms with van der Waals surface area (Å²) in [5.41, 5.74) is 1.69. The van der Waals surface area contributed by atoms with E-state index >= 15 is 0 Å². The molecule has 0 aromatic heterocycles. The Morgan fingerprint density at radius 3 is 2.62 bits per heavy atom. The van der Waals surface area contributed by atoms with E-state index in [1.54, 1.807) is 6.07 Å². The lowest BCUT2D eigenvalue weighted by atomic mass is 9.51. The van der Waals surface area contributed by atoms with E-state index in [1.807, 2.05) is 48.5 Å². The summed E-state index contributed by atoms with van der Waals surface area (Å²) in [7, 11) is 0. The standard InChI is InChI=1S/C23H26O3/c1-2-12-22-15-21(25)23(26,17-6-4-3-5-7-17)14-18(22)9-8-16-13-19(24)10-11-20(16)22/h2-7,10-11,13,18,21,24-26H,1,8-9,12,14-15H2/t18-,21+,22-,23-/m1/s1. The number of fused-ring (bicyclic) bond motifs is 3. The van der Waals surface area contributed by atoms with Crippen molar-refractivity contribution >= 4 is 0 Å². The number of hydrogen-bond donors (Lipinski definition) is 3. The summed E-state index contributed by atoms with van der Waals surface area (Å²) in [5.74, 6) is 0.541. The van der Waals surface area contributed by atoms with Gasteiger partial charge in [0.05, 0.1) is 6.10 Å². The van der Waals surface area contributed by atoms with Gasteiger partial charge in [-0.25, -0.2) is 0 Å². The molecule has 0 spiro atoms. The number of aliphatic hydroxyl groups is 2. The van der Waals surface area contributed by atoms with Crippen molar-refractivity contribution in [3.63, 3.8) is 0 Å². The molecule has 0 aliphatic heterocycles. The lowest BCUT2D eigenvalue weighted by Gasteiger charge is -2.55. The normalized spacial score (nSPS) is 33.2. The quantitative estimate of drug-likeness (QED) is 0.738. The minimum Gasteiger partial charge on any atom is -0.508 e. The van der Waals surface area contributed by atoms with Crippen LogP contribution in [0.15, 0.2) is 61.2 Å². The fourth-order valence-electron chi connectivity index (χ4n) is 5.35. The molecule has 4 rings (SSSR count). The first kappa shape index (κ1) is 17.3. The van der Waals surface area contributed by atoms with E-state index in [2.05, 4.69) is 6.58 Å². The number of hydrogen-bond acceptors (Lipinski definition) is 3. The van der Waals surface area contributed by atoms with Crippen LogP contribution in [0.25, 0.3) is 0 Å². The van der Waals surface area contributed by atoms with Gasteiger partial charge in [0.1, 0.15) is 11.4 Å². The minimum atomic E-state index is -1.22. The van der Waals surface area contributed by atoms with Gasteiger partial charge in [-0.1, -0.05) is 42.5 Å². The molecule has 0 amide bonds. The van der Waals surface area contributed by atoms with Crippen LogP contribution in [0.4, 0.5) is 0 Å². The molecule has 0 radical (unpaired) electrons. The predicted molar refractivity (Wildman–Crippen MR) is 102 cm³/mol. The van der Waals surface area contributed by atoms with E-state index in [0.29, 0.717) is 12.8 Å². The van der Waals surface area contributed by atoms with Crippen LogP contribution in [0.3, 0.4) is 0 Å². The molecule has 2 aliphatic carbocycles. The van der Waals surface area contributed by atoms with E-state index in [9.17, 15) is 15.3 Å². The SMILES string of the molecule is C=CC[C@@]12C[C@H](O)[C@](O)(c3ccccc3)C[C@H]1CCc1cc(O)ccc12. The van der Waals surface area contributed by atoms with Crippen molar-refractivity contribution in [2.24, 2.45) is 5.92 Å². The second kappa shape index (κ2) is 6.26. The van der Waals surface area contributed by atoms with Crippen LogP contribution < -0.4 is 0 Å². The van der Waals surface area contributed by atoms with Crippen molar-refractivity contribution < 1.29 is 15.3 Å². The minimum absolute atomic E-state index is 0.233. The molecule has 0 bridgehead atoms. The van der Waals surface area contributed by atoms with Crippen molar-refractivity contribution in [2.45, 2.75) is 49.2 Å². The smallest absolute Gasteiger partial charge is 0.116 e. The van der Waals surface area contributed by atoms with Crippen LogP contribution in [0.2, 0.25) is 0 Å². The van der Waals surface area contributed by atoms with Gasteiger partial charge in [0, 0.05) is 5.41 Å². The van der Waals surface area contributed by atoms with Crippen molar-refractivity contribution in [2.75, 3.05) is 0 Å². The number of phenols is 1. The number of allylic oxidation sites excluding steroid dienone is 1. The number of rotatable bonds is 3. The lowest BCUT2D eigenvalue weighted by Crippen LogP contribution is -2.56. The second-order valence-corrected chi connectivity index (χ2v) is 7.94. The van der Waals surface area contributed by atoms with Gasteiger partial charge in [0.25, 0.3) is 0 Å². The summed E-state index contributed by atoms with van der Waals surface area (Å²) in [6.07, 6.45) is 4.69. The van der Waals surface area contributed by atoms with Crippen molar-refractivity contribution in [3.8, 4) is 5.75 Å². The maximum absolute atomic E-state index is 11.4. The Bertz CT molecular complexity index is 815. The van der Waals surface area contributed by atoms with Gasteiger partial charge in [-0.15, -0.1) is 6.58 Å². The molecule has 2 aliphatic rings. The van der Waals surface area contributed by atoms with Gasteiger partial charge in [-0.3, -0.25) is 0 Å². The third kappa shape index (κ3) is 2.50. The third-order valence-electron chi connectivity index (χ3n) is 6.62. The Hall–Kier alpha value is -2.10. The Labute approximate surface area is 154 Å². The Kier molecular flexibility index (Phi) is 4.17. The lowest BCUT2D eigenvalue weighted by molar-refractivity contribution is -0.145. The monoisotopic (exact) mass is 350 g/mol. The first-order valence-electron chi connectivity index (χ1n) is 9.39. The number of aryl methyl sites for hydroxylation is 1. The molecule has 2 aromatic rings. The molecular formula is C23H26O3. The highest BCUT2D eigenvalue weighted by Crippen LogP contribution is 2.57. The maximum atomic E-state index is 11.4. The highest BCUT2D eigenvalue weighted by Gasteiger charge is 2.55. The molecule has 136 valence electrons. The fraction of sp³-hybridized carbons (Fsp3) is 0.391. The number of aliphatic hydroxyl groups excluding tert-OH is 1. The summed E-state index contributed by atoms with van der Waals surface area (Å²) < 4.78 is 0. The zero-order chi connectivity index (χ0) is 18.4. The molecule has 0 heterocycles. The van der Waals surface area contributed by atoms with Crippen molar-refractivity contribution in [1.29, 1.82) is 0 Å². The number of aromatic hydroxyl groups is 1. The van der Waals surface area contributed by atoms with Crippen LogP contribution in [-0.4, -0.2) is 21.4 Å². The largest absolute Gasteiger partial charge is 0.508 e. The average molecular weight is 350 g/mol. The van der Waals surface area contributed by atoms with Crippen LogP contribution in [0, 0.1) is 5.92 Å². The van der Waals surface area contributed by atoms with Gasteiger partial charge < -0.3 is 15.3 Å². The zero-order valence-electron chi connectivity index (χ0n) is 14.9. The molecule has 4 atom stereocenters. The van der Waals surface area contributed by atoms with Crippen molar-refractivity contribution in [3.05, 3.63) is 77.9 Å². The van der Waals surface area contributed by atoms with E-state index in [0.717, 1.165) is 30.4 Å². The molecule has 3 nitrogen and oxygen atoms in total. The molecule has 3 N–H and O–H groups in total. The van der Waals surface area contributed by atoms with Crippen LogP contribution in [0.5, 0.6) is 5.75 Å². The molecular weight excluding hydrogens is 324 g/mol. The third-order valence-corrected chi connectivity index (χ3v) is 6.62. The second-order valence-electron chi connectivity index (χ2n) is 7.94. The van der Waals surface area contributed by atoms with Gasteiger partial charge in [0.15, 0.2) is 0 Å². The first-order chi connectivity index (χ1) is 12.5. The van der Waals surface area contributed by atoms with E-state index in [1.165, 1.54) is 5.56 Å². The molecule has 26 heavy (non-hydrogen) atoms. The summed E-state index contributed by atoms with van der Waals surface area (Å²) >= 11 is 0. The topological polar surface area (TPSA) is 60.7 Å². The molecule has 1 fully saturated rings. The molecule has 3 heteroatoms. The number of phenolic OH excluding ortho intramolecular Hbond substituents is 1. The molecule has 1 saturated carbocycles. The van der Waals surface area contributed by atoms with E-state index in [4.69, 9.17) is 0 Å². The Balaban J connectivity index is 1.79. The van der Waals surface area contributed by atoms with Gasteiger partial charge in [-0.05, 0) is 66.8 Å². The van der Waals surface area contributed by atoms with Gasteiger partial charge in [-0.2, -0.15) is 0 Å². The van der Waals surface area contributed by atoms with Crippen molar-refractivity contribution in [1.82, 2.24) is 0 Å². The Morgan fingerprint density at radius 1 is 1.12 bits per heavy atom. The van der Waals surface area contributed by atoms with E-state index in [-0.39, 0.29) is 17.1 Å². The van der Waals surface area contributed by atoms with Gasteiger partial charge >= 0.3 is 0 Å². The molecule has 0 unspecified atom stereocenters. The molecule has 0 saturated heterocycles. The Morgan fingerprint density at radius 2 is 1.88 bits per heavy atom. The van der Waals surface area contributed by atoms with E-state index < -0.39 is 11.7 Å². The first-order valence-corrected chi connectivity index (χ1v) is 9.39. The number of benzene rings is 2. The predicted octanol–water partition coefficient (Wildman–Crippen LogP) is 3.81. The average Bonchev–Trinajstić information content (AvgIpc) is 2.64. The summed E-state index contributed by atoms with van der Waals surface area (Å²) in [4.78, 5) is 0. The maximum Gasteiger partial charge on any atom is 0.116 e. The highest BCUT2D eigenvalue weighted by molar-refractivity contribution is 5.44. The summed E-state index contributed by atoms with van der Waals surface area (Å²) in [6, 6.07) is 15.1. The fourth-order valence-corrected chi connectivity index (χ4v) is 5.35. The summed E-state index contributed by atoms with van der Waals surface area (Å²) in [5, 5.41) is 32.3.